The van der Waals surface area contributed by atoms with Gasteiger partial charge in [-0.3, -0.25) is 4.90 Å². The fraction of sp³-hybridized carbons (Fsp3) is 0.556. The van der Waals surface area contributed by atoms with Gasteiger partial charge in [-0.05, 0) is 37.9 Å². The molecule has 2 aliphatic rings. The lowest BCUT2D eigenvalue weighted by Crippen LogP contribution is -2.49. The second-order valence-electron chi connectivity index (χ2n) is 6.84. The van der Waals surface area contributed by atoms with E-state index in [4.69, 9.17) is 0 Å². The van der Waals surface area contributed by atoms with Gasteiger partial charge >= 0.3 is 6.03 Å². The zero-order chi connectivity index (χ0) is 16.4. The lowest BCUT2D eigenvalue weighted by molar-refractivity contribution is 0.179. The maximum absolute atomic E-state index is 12.2. The molecule has 6 heteroatoms. The van der Waals surface area contributed by atoms with Crippen molar-refractivity contribution in [1.82, 2.24) is 24.9 Å². The van der Waals surface area contributed by atoms with Crippen LogP contribution in [0.25, 0.3) is 5.65 Å². The van der Waals surface area contributed by atoms with E-state index in [1.807, 2.05) is 35.0 Å². The lowest BCUT2D eigenvalue weighted by Gasteiger charge is -2.32. The molecular weight excluding hydrogens is 302 g/mol. The third-order valence-corrected chi connectivity index (χ3v) is 5.25. The van der Waals surface area contributed by atoms with Crippen LogP contribution < -0.4 is 10.6 Å². The summed E-state index contributed by atoms with van der Waals surface area (Å²) in [5.41, 5.74) is 1.95. The first-order chi connectivity index (χ1) is 11.8. The summed E-state index contributed by atoms with van der Waals surface area (Å²) in [5, 5.41) is 6.15. The summed E-state index contributed by atoms with van der Waals surface area (Å²) in [7, 11) is 0. The lowest BCUT2D eigenvalue weighted by atomic mass is 9.99. The van der Waals surface area contributed by atoms with Crippen molar-refractivity contribution in [2.45, 2.75) is 44.2 Å². The second kappa shape index (κ2) is 6.81. The number of nitrogens with zero attached hydrogens (tertiary/aromatic N) is 3. The highest BCUT2D eigenvalue weighted by molar-refractivity contribution is 5.74. The minimum atomic E-state index is -0.0452. The Balaban J connectivity index is 1.24. The predicted octanol–water partition coefficient (Wildman–Crippen LogP) is 1.80. The number of hydrogen-bond acceptors (Lipinski definition) is 3. The van der Waals surface area contributed by atoms with E-state index in [1.54, 1.807) is 0 Å². The van der Waals surface area contributed by atoms with Crippen LogP contribution in [0.5, 0.6) is 0 Å². The van der Waals surface area contributed by atoms with Gasteiger partial charge in [0, 0.05) is 44.0 Å². The Labute approximate surface area is 142 Å². The molecule has 24 heavy (non-hydrogen) atoms. The third kappa shape index (κ3) is 3.24. The Morgan fingerprint density at radius 2 is 2.21 bits per heavy atom. The van der Waals surface area contributed by atoms with Crippen molar-refractivity contribution in [3.05, 3.63) is 36.3 Å². The Kier molecular flexibility index (Phi) is 4.38. The summed E-state index contributed by atoms with van der Waals surface area (Å²) >= 11 is 0. The summed E-state index contributed by atoms with van der Waals surface area (Å²) in [6.07, 6.45) is 9.63. The number of rotatable bonds is 4. The summed E-state index contributed by atoms with van der Waals surface area (Å²) in [5.74, 6) is 0. The number of pyridine rings is 1. The molecule has 2 aliphatic heterocycles. The number of carbonyl (C=O) groups excluding carboxylic acids is 1. The SMILES string of the molecule is O=C(NCCc1cn2ccccc2n1)NC1CCN2CCCCC12. The van der Waals surface area contributed by atoms with Gasteiger partial charge < -0.3 is 15.0 Å². The molecule has 2 unspecified atom stereocenters. The predicted molar refractivity (Wildman–Crippen MR) is 93.0 cm³/mol. The fourth-order valence-corrected chi connectivity index (χ4v) is 4.05. The number of nitrogens with one attached hydrogen (secondary N) is 2. The average molecular weight is 327 g/mol. The van der Waals surface area contributed by atoms with E-state index in [-0.39, 0.29) is 6.03 Å². The molecule has 0 radical (unpaired) electrons. The van der Waals surface area contributed by atoms with E-state index in [0.29, 0.717) is 18.6 Å². The van der Waals surface area contributed by atoms with E-state index in [1.165, 1.54) is 25.8 Å². The largest absolute Gasteiger partial charge is 0.338 e. The van der Waals surface area contributed by atoms with Gasteiger partial charge in [0.2, 0.25) is 0 Å². The molecule has 0 bridgehead atoms. The van der Waals surface area contributed by atoms with E-state index < -0.39 is 0 Å². The average Bonchev–Trinajstić information content (AvgIpc) is 3.19. The number of hydrogen-bond donors (Lipinski definition) is 2. The number of imidazole rings is 1. The number of amides is 2. The molecule has 2 aromatic rings. The van der Waals surface area contributed by atoms with Gasteiger partial charge in [-0.25, -0.2) is 9.78 Å². The second-order valence-corrected chi connectivity index (χ2v) is 6.84. The molecule has 2 N–H and O–H groups in total. The number of piperidine rings is 1. The molecule has 2 fully saturated rings. The first kappa shape index (κ1) is 15.4. The topological polar surface area (TPSA) is 61.7 Å². The van der Waals surface area contributed by atoms with Crippen LogP contribution in [0.2, 0.25) is 0 Å². The fourth-order valence-electron chi connectivity index (χ4n) is 4.05. The Hall–Kier alpha value is -2.08. The summed E-state index contributed by atoms with van der Waals surface area (Å²) < 4.78 is 2.01. The molecular formula is C18H25N5O. The van der Waals surface area contributed by atoms with Crippen LogP contribution in [0.3, 0.4) is 0 Å². The van der Waals surface area contributed by atoms with Crippen LogP contribution >= 0.6 is 0 Å². The van der Waals surface area contributed by atoms with Crippen LogP contribution in [-0.2, 0) is 6.42 Å². The summed E-state index contributed by atoms with van der Waals surface area (Å²) in [4.78, 5) is 19.3. The number of aromatic nitrogens is 2. The zero-order valence-electron chi connectivity index (χ0n) is 13.9. The third-order valence-electron chi connectivity index (χ3n) is 5.25. The number of fused-ring (bicyclic) bond motifs is 2. The highest BCUT2D eigenvalue weighted by Crippen LogP contribution is 2.26. The summed E-state index contributed by atoms with van der Waals surface area (Å²) in [6, 6.07) is 6.76. The number of carbonyl (C=O) groups is 1. The van der Waals surface area contributed by atoms with E-state index in [2.05, 4.69) is 20.5 Å². The van der Waals surface area contributed by atoms with E-state index in [0.717, 1.165) is 30.7 Å². The summed E-state index contributed by atoms with van der Waals surface area (Å²) in [6.45, 7) is 2.92. The quantitative estimate of drug-likeness (QED) is 0.900. The molecule has 128 valence electrons. The van der Waals surface area contributed by atoms with E-state index >= 15 is 0 Å². The maximum atomic E-state index is 12.2. The molecule has 0 aromatic carbocycles. The smallest absolute Gasteiger partial charge is 0.315 e. The van der Waals surface area contributed by atoms with Crippen LogP contribution in [-0.4, -0.2) is 52.0 Å². The zero-order valence-corrected chi connectivity index (χ0v) is 13.9. The highest BCUT2D eigenvalue weighted by Gasteiger charge is 2.36. The first-order valence-electron chi connectivity index (χ1n) is 9.00. The van der Waals surface area contributed by atoms with Gasteiger partial charge in [0.1, 0.15) is 5.65 Å². The maximum Gasteiger partial charge on any atom is 0.315 e. The molecule has 6 nitrogen and oxygen atoms in total. The molecule has 2 atom stereocenters. The molecule has 2 amide bonds. The molecule has 0 spiro atoms. The minimum Gasteiger partial charge on any atom is -0.338 e. The van der Waals surface area contributed by atoms with Crippen LogP contribution in [0.1, 0.15) is 31.4 Å². The molecule has 0 aliphatic carbocycles. The molecule has 4 rings (SSSR count). The van der Waals surface area contributed by atoms with Crippen molar-refractivity contribution >= 4 is 11.7 Å². The first-order valence-corrected chi connectivity index (χ1v) is 9.00. The van der Waals surface area contributed by atoms with Gasteiger partial charge in [0.15, 0.2) is 0 Å². The van der Waals surface area contributed by atoms with Gasteiger partial charge in [-0.1, -0.05) is 12.5 Å². The number of urea groups is 1. The van der Waals surface area contributed by atoms with Crippen molar-refractivity contribution < 1.29 is 4.79 Å². The normalized spacial score (nSPS) is 24.0. The van der Waals surface area contributed by atoms with Crippen LogP contribution in [0, 0.1) is 0 Å². The van der Waals surface area contributed by atoms with Crippen molar-refractivity contribution in [1.29, 1.82) is 0 Å². The highest BCUT2D eigenvalue weighted by atomic mass is 16.2. The van der Waals surface area contributed by atoms with Gasteiger partial charge in [0.05, 0.1) is 5.69 Å². The molecule has 0 saturated carbocycles. The van der Waals surface area contributed by atoms with Crippen LogP contribution in [0.4, 0.5) is 4.79 Å². The van der Waals surface area contributed by atoms with Crippen molar-refractivity contribution in [2.24, 2.45) is 0 Å². The van der Waals surface area contributed by atoms with Crippen molar-refractivity contribution in [3.8, 4) is 0 Å². The van der Waals surface area contributed by atoms with Gasteiger partial charge in [-0.2, -0.15) is 0 Å². The van der Waals surface area contributed by atoms with Gasteiger partial charge in [-0.15, -0.1) is 0 Å². The monoisotopic (exact) mass is 327 g/mol. The van der Waals surface area contributed by atoms with Gasteiger partial charge in [0.25, 0.3) is 0 Å². The standard InChI is InChI=1S/C18H25N5O/c24-18(21-15-8-12-22-10-3-1-5-16(15)22)19-9-7-14-13-23-11-4-2-6-17(23)20-14/h2,4,6,11,13,15-16H,1,3,5,7-10,12H2,(H2,19,21,24). The molecule has 2 saturated heterocycles. The Bertz CT molecular complexity index is 679. The molecule has 2 aromatic heterocycles. The van der Waals surface area contributed by atoms with Crippen LogP contribution in [0.15, 0.2) is 30.6 Å². The molecule has 4 heterocycles. The van der Waals surface area contributed by atoms with Crippen molar-refractivity contribution in [2.75, 3.05) is 19.6 Å². The van der Waals surface area contributed by atoms with E-state index in [9.17, 15) is 4.79 Å². The van der Waals surface area contributed by atoms with Crippen molar-refractivity contribution in [3.63, 3.8) is 0 Å². The Morgan fingerprint density at radius 3 is 3.12 bits per heavy atom. The minimum absolute atomic E-state index is 0.0452. The Morgan fingerprint density at radius 1 is 1.25 bits per heavy atom.